The van der Waals surface area contributed by atoms with Gasteiger partial charge in [0.15, 0.2) is 0 Å². The number of hydrogen-bond donors (Lipinski definition) is 2. The molecule has 1 atom stereocenters. The summed E-state index contributed by atoms with van der Waals surface area (Å²) in [5.41, 5.74) is 6.38. The maximum atomic E-state index is 12.7. The van der Waals surface area contributed by atoms with Gasteiger partial charge in [-0.1, -0.05) is 0 Å². The number of aliphatic hydroxyl groups excluding tert-OH is 1. The molecule has 0 aliphatic rings. The number of hydrogen-bond acceptors (Lipinski definition) is 3. The number of halogens is 1. The van der Waals surface area contributed by atoms with Crippen LogP contribution in [0.1, 0.15) is 11.8 Å². The Hall–Kier alpha value is -1.65. The lowest BCUT2D eigenvalue weighted by atomic mass is 10.2. The molecule has 84 valence electrons. The van der Waals surface area contributed by atoms with Crippen molar-refractivity contribution >= 4 is 0 Å². The van der Waals surface area contributed by atoms with Crippen LogP contribution in [0, 0.1) is 5.82 Å². The van der Waals surface area contributed by atoms with Crippen LogP contribution in [0.3, 0.4) is 0 Å². The van der Waals surface area contributed by atoms with E-state index in [0.29, 0.717) is 11.5 Å². The lowest BCUT2D eigenvalue weighted by Crippen LogP contribution is -2.13. The van der Waals surface area contributed by atoms with Crippen LogP contribution >= 0.6 is 0 Å². The lowest BCUT2D eigenvalue weighted by molar-refractivity contribution is 0.252. The van der Waals surface area contributed by atoms with Gasteiger partial charge in [0.1, 0.15) is 17.3 Å². The SMILES string of the molecule is N[C@@H](CO)c1ccc(-c2ccc(F)cc2)o1. The second-order valence-corrected chi connectivity index (χ2v) is 3.50. The zero-order valence-electron chi connectivity index (χ0n) is 8.56. The van der Waals surface area contributed by atoms with Crippen molar-refractivity contribution in [2.45, 2.75) is 6.04 Å². The van der Waals surface area contributed by atoms with E-state index in [-0.39, 0.29) is 12.4 Å². The molecule has 2 aromatic rings. The van der Waals surface area contributed by atoms with Crippen molar-refractivity contribution in [3.63, 3.8) is 0 Å². The molecular weight excluding hydrogens is 209 g/mol. The summed E-state index contributed by atoms with van der Waals surface area (Å²) in [6, 6.07) is 8.92. The maximum Gasteiger partial charge on any atom is 0.134 e. The van der Waals surface area contributed by atoms with E-state index in [4.69, 9.17) is 15.3 Å². The summed E-state index contributed by atoms with van der Waals surface area (Å²) in [5.74, 6) is 0.836. The van der Waals surface area contributed by atoms with Crippen molar-refractivity contribution in [2.24, 2.45) is 5.73 Å². The normalized spacial score (nSPS) is 12.7. The Morgan fingerprint density at radius 1 is 1.19 bits per heavy atom. The molecule has 1 aromatic heterocycles. The van der Waals surface area contributed by atoms with Gasteiger partial charge in [0.05, 0.1) is 12.6 Å². The van der Waals surface area contributed by atoms with Crippen LogP contribution < -0.4 is 5.73 Å². The fourth-order valence-corrected chi connectivity index (χ4v) is 1.41. The van der Waals surface area contributed by atoms with E-state index in [1.807, 2.05) is 0 Å². The molecule has 3 N–H and O–H groups in total. The van der Waals surface area contributed by atoms with E-state index in [9.17, 15) is 4.39 Å². The third-order valence-electron chi connectivity index (χ3n) is 2.32. The van der Waals surface area contributed by atoms with Crippen LogP contribution in [0.5, 0.6) is 0 Å². The molecule has 0 saturated heterocycles. The molecule has 0 spiro atoms. The minimum atomic E-state index is -0.519. The van der Waals surface area contributed by atoms with Crippen molar-refractivity contribution in [2.75, 3.05) is 6.61 Å². The highest BCUT2D eigenvalue weighted by Crippen LogP contribution is 2.24. The van der Waals surface area contributed by atoms with Crippen molar-refractivity contribution < 1.29 is 13.9 Å². The Morgan fingerprint density at radius 3 is 2.50 bits per heavy atom. The Kier molecular flexibility index (Phi) is 3.03. The molecule has 0 amide bonds. The van der Waals surface area contributed by atoms with Crippen LogP contribution in [0.25, 0.3) is 11.3 Å². The summed E-state index contributed by atoms with van der Waals surface area (Å²) in [6.45, 7) is -0.170. The van der Waals surface area contributed by atoms with Crippen LogP contribution in [-0.4, -0.2) is 11.7 Å². The number of rotatable bonds is 3. The first-order valence-electron chi connectivity index (χ1n) is 4.93. The zero-order valence-corrected chi connectivity index (χ0v) is 8.56. The molecule has 2 rings (SSSR count). The second kappa shape index (κ2) is 4.47. The van der Waals surface area contributed by atoms with Crippen molar-refractivity contribution in [1.82, 2.24) is 0 Å². The van der Waals surface area contributed by atoms with Gasteiger partial charge in [0.25, 0.3) is 0 Å². The molecule has 1 heterocycles. The number of benzene rings is 1. The molecule has 4 heteroatoms. The quantitative estimate of drug-likeness (QED) is 0.834. The largest absolute Gasteiger partial charge is 0.459 e. The summed E-state index contributed by atoms with van der Waals surface area (Å²) >= 11 is 0. The fraction of sp³-hybridized carbons (Fsp3) is 0.167. The predicted molar refractivity (Wildman–Crippen MR) is 58.1 cm³/mol. The minimum absolute atomic E-state index is 0.170. The molecule has 0 radical (unpaired) electrons. The van der Waals surface area contributed by atoms with Gasteiger partial charge >= 0.3 is 0 Å². The Bertz CT molecular complexity index is 464. The third-order valence-corrected chi connectivity index (χ3v) is 2.32. The summed E-state index contributed by atoms with van der Waals surface area (Å²) < 4.78 is 18.2. The van der Waals surface area contributed by atoms with E-state index in [1.165, 1.54) is 12.1 Å². The van der Waals surface area contributed by atoms with E-state index in [0.717, 1.165) is 5.56 Å². The highest BCUT2D eigenvalue weighted by atomic mass is 19.1. The van der Waals surface area contributed by atoms with Gasteiger partial charge in [-0.15, -0.1) is 0 Å². The first-order valence-corrected chi connectivity index (χ1v) is 4.93. The number of nitrogens with two attached hydrogens (primary N) is 1. The predicted octanol–water partition coefficient (Wildman–Crippen LogP) is 2.08. The Labute approximate surface area is 92.3 Å². The number of furan rings is 1. The zero-order chi connectivity index (χ0) is 11.5. The van der Waals surface area contributed by atoms with Crippen molar-refractivity contribution in [3.05, 3.63) is 48.0 Å². The lowest BCUT2D eigenvalue weighted by Gasteiger charge is -2.03. The number of aliphatic hydroxyl groups is 1. The van der Waals surface area contributed by atoms with Gasteiger partial charge < -0.3 is 15.3 Å². The molecular formula is C12H12FNO2. The summed E-state index contributed by atoms with van der Waals surface area (Å²) in [7, 11) is 0. The first-order chi connectivity index (χ1) is 7.70. The minimum Gasteiger partial charge on any atom is -0.459 e. The van der Waals surface area contributed by atoms with Crippen LogP contribution in [0.15, 0.2) is 40.8 Å². The summed E-state index contributed by atoms with van der Waals surface area (Å²) in [4.78, 5) is 0. The summed E-state index contributed by atoms with van der Waals surface area (Å²) in [6.07, 6.45) is 0. The van der Waals surface area contributed by atoms with E-state index >= 15 is 0 Å². The van der Waals surface area contributed by atoms with Gasteiger partial charge in [-0.05, 0) is 36.4 Å². The first kappa shape index (κ1) is 10.9. The molecule has 1 aromatic carbocycles. The topological polar surface area (TPSA) is 59.4 Å². The van der Waals surface area contributed by atoms with Crippen LogP contribution in [0.2, 0.25) is 0 Å². The molecule has 0 fully saturated rings. The Morgan fingerprint density at radius 2 is 1.88 bits per heavy atom. The highest BCUT2D eigenvalue weighted by molar-refractivity contribution is 5.57. The summed E-state index contributed by atoms with van der Waals surface area (Å²) in [5, 5.41) is 8.87. The van der Waals surface area contributed by atoms with Gasteiger partial charge in [-0.2, -0.15) is 0 Å². The second-order valence-electron chi connectivity index (χ2n) is 3.50. The fourth-order valence-electron chi connectivity index (χ4n) is 1.41. The molecule has 16 heavy (non-hydrogen) atoms. The molecule has 0 aliphatic heterocycles. The monoisotopic (exact) mass is 221 g/mol. The average molecular weight is 221 g/mol. The van der Waals surface area contributed by atoms with Gasteiger partial charge in [0.2, 0.25) is 0 Å². The van der Waals surface area contributed by atoms with E-state index in [2.05, 4.69) is 0 Å². The van der Waals surface area contributed by atoms with Gasteiger partial charge in [0, 0.05) is 5.56 Å². The third kappa shape index (κ3) is 2.13. The molecule has 0 saturated carbocycles. The molecule has 0 bridgehead atoms. The van der Waals surface area contributed by atoms with Gasteiger partial charge in [-0.3, -0.25) is 0 Å². The molecule has 3 nitrogen and oxygen atoms in total. The smallest absolute Gasteiger partial charge is 0.134 e. The van der Waals surface area contributed by atoms with Gasteiger partial charge in [-0.25, -0.2) is 4.39 Å². The van der Waals surface area contributed by atoms with Crippen molar-refractivity contribution in [1.29, 1.82) is 0 Å². The average Bonchev–Trinajstić information content (AvgIpc) is 2.78. The van der Waals surface area contributed by atoms with Crippen LogP contribution in [0.4, 0.5) is 4.39 Å². The molecule has 0 unspecified atom stereocenters. The highest BCUT2D eigenvalue weighted by Gasteiger charge is 2.10. The molecule has 0 aliphatic carbocycles. The van der Waals surface area contributed by atoms with Crippen LogP contribution in [-0.2, 0) is 0 Å². The van der Waals surface area contributed by atoms with E-state index in [1.54, 1.807) is 24.3 Å². The Balaban J connectivity index is 2.28. The van der Waals surface area contributed by atoms with E-state index < -0.39 is 6.04 Å². The standard InChI is InChI=1S/C12H12FNO2/c13-9-3-1-8(2-4-9)11-5-6-12(16-11)10(14)7-15/h1-6,10,15H,7,14H2/t10-/m0/s1. The maximum absolute atomic E-state index is 12.7. The van der Waals surface area contributed by atoms with Crippen molar-refractivity contribution in [3.8, 4) is 11.3 Å².